The van der Waals surface area contributed by atoms with E-state index in [-0.39, 0.29) is 10.6 Å². The number of rotatable bonds is 4. The molecule has 0 aliphatic heterocycles. The Kier molecular flexibility index (Phi) is 3.71. The second-order valence-corrected chi connectivity index (χ2v) is 5.02. The van der Waals surface area contributed by atoms with Gasteiger partial charge >= 0.3 is 0 Å². The van der Waals surface area contributed by atoms with Crippen molar-refractivity contribution < 1.29 is 13.5 Å². The molecule has 0 aliphatic rings. The lowest BCUT2D eigenvalue weighted by atomic mass is 10.3. The lowest BCUT2D eigenvalue weighted by molar-refractivity contribution is 0.442. The summed E-state index contributed by atoms with van der Waals surface area (Å²) in [6.07, 6.45) is 0. The van der Waals surface area contributed by atoms with E-state index < -0.39 is 10.0 Å². The number of sulfonamides is 1. The van der Waals surface area contributed by atoms with Crippen LogP contribution in [0.2, 0.25) is 0 Å². The van der Waals surface area contributed by atoms with Gasteiger partial charge in [0, 0.05) is 13.1 Å². The van der Waals surface area contributed by atoms with E-state index in [1.165, 1.54) is 28.6 Å². The Balaban J connectivity index is 3.16. The first-order valence-electron chi connectivity index (χ1n) is 4.81. The smallest absolute Gasteiger partial charge is 0.243 e. The third kappa shape index (κ3) is 2.49. The predicted molar refractivity (Wildman–Crippen MR) is 58.2 cm³/mol. The van der Waals surface area contributed by atoms with Crippen LogP contribution in [-0.2, 0) is 10.0 Å². The molecule has 0 unspecified atom stereocenters. The van der Waals surface area contributed by atoms with Crippen molar-refractivity contribution in [3.8, 4) is 5.75 Å². The zero-order valence-electron chi connectivity index (χ0n) is 8.84. The van der Waals surface area contributed by atoms with Gasteiger partial charge < -0.3 is 5.11 Å². The largest absolute Gasteiger partial charge is 0.508 e. The van der Waals surface area contributed by atoms with E-state index in [4.69, 9.17) is 0 Å². The lowest BCUT2D eigenvalue weighted by Crippen LogP contribution is -2.30. The van der Waals surface area contributed by atoms with Crippen LogP contribution in [0.4, 0.5) is 0 Å². The van der Waals surface area contributed by atoms with Crippen LogP contribution < -0.4 is 0 Å². The van der Waals surface area contributed by atoms with Crippen LogP contribution in [0.25, 0.3) is 0 Å². The van der Waals surface area contributed by atoms with Gasteiger partial charge in [-0.15, -0.1) is 0 Å². The zero-order chi connectivity index (χ0) is 11.5. The van der Waals surface area contributed by atoms with Crippen LogP contribution in [0.1, 0.15) is 13.8 Å². The molecule has 4 nitrogen and oxygen atoms in total. The summed E-state index contributed by atoms with van der Waals surface area (Å²) in [5, 5.41) is 9.22. The maximum absolute atomic E-state index is 12.0. The van der Waals surface area contributed by atoms with Crippen LogP contribution in [0, 0.1) is 0 Å². The minimum atomic E-state index is -3.45. The zero-order valence-corrected chi connectivity index (χ0v) is 9.66. The molecule has 0 aliphatic carbocycles. The normalized spacial score (nSPS) is 11.9. The third-order valence-electron chi connectivity index (χ3n) is 2.16. The van der Waals surface area contributed by atoms with Gasteiger partial charge in [-0.05, 0) is 18.2 Å². The Morgan fingerprint density at radius 2 is 1.87 bits per heavy atom. The van der Waals surface area contributed by atoms with E-state index in [2.05, 4.69) is 0 Å². The predicted octanol–water partition coefficient (Wildman–Crippen LogP) is 1.42. The minimum absolute atomic E-state index is 0.0387. The second-order valence-electron chi connectivity index (χ2n) is 3.09. The average Bonchev–Trinajstić information content (AvgIpc) is 2.19. The first-order valence-corrected chi connectivity index (χ1v) is 6.25. The number of phenolic OH excluding ortho intramolecular Hbond substituents is 1. The number of nitrogens with zero attached hydrogens (tertiary/aromatic N) is 1. The van der Waals surface area contributed by atoms with Crippen LogP contribution in [-0.4, -0.2) is 30.9 Å². The highest BCUT2D eigenvalue weighted by Gasteiger charge is 2.21. The van der Waals surface area contributed by atoms with Crippen molar-refractivity contribution >= 4 is 10.0 Å². The van der Waals surface area contributed by atoms with Crippen molar-refractivity contribution in [2.45, 2.75) is 18.7 Å². The quantitative estimate of drug-likeness (QED) is 0.849. The topological polar surface area (TPSA) is 57.6 Å². The molecule has 0 heterocycles. The first kappa shape index (κ1) is 12.0. The van der Waals surface area contributed by atoms with Gasteiger partial charge in [-0.3, -0.25) is 0 Å². The molecule has 0 bridgehead atoms. The minimum Gasteiger partial charge on any atom is -0.508 e. The third-order valence-corrected chi connectivity index (χ3v) is 4.21. The van der Waals surface area contributed by atoms with Crippen LogP contribution in [0.3, 0.4) is 0 Å². The highest BCUT2D eigenvalue weighted by atomic mass is 32.2. The fraction of sp³-hybridized carbons (Fsp3) is 0.400. The molecule has 0 atom stereocenters. The molecule has 0 saturated heterocycles. The first-order chi connectivity index (χ1) is 7.02. The summed E-state index contributed by atoms with van der Waals surface area (Å²) in [7, 11) is -3.45. The van der Waals surface area contributed by atoms with Crippen LogP contribution in [0.15, 0.2) is 29.2 Å². The van der Waals surface area contributed by atoms with Gasteiger partial charge in [0.25, 0.3) is 0 Å². The summed E-state index contributed by atoms with van der Waals surface area (Å²) < 4.78 is 25.3. The molecule has 1 N–H and O–H groups in total. The Morgan fingerprint density at radius 1 is 1.27 bits per heavy atom. The number of hydrogen-bond donors (Lipinski definition) is 1. The van der Waals surface area contributed by atoms with Crippen molar-refractivity contribution in [1.29, 1.82) is 0 Å². The summed E-state index contributed by atoms with van der Waals surface area (Å²) in [5.74, 6) is -0.0387. The second kappa shape index (κ2) is 4.63. The van der Waals surface area contributed by atoms with Gasteiger partial charge in [0.1, 0.15) is 5.75 Å². The monoisotopic (exact) mass is 229 g/mol. The standard InChI is InChI=1S/C10H15NO3S/c1-3-11(4-2)15(13,14)10-7-5-6-9(12)8-10/h5-8,12H,3-4H2,1-2H3. The van der Waals surface area contributed by atoms with Crippen molar-refractivity contribution in [1.82, 2.24) is 4.31 Å². The molecule has 0 saturated carbocycles. The summed E-state index contributed by atoms with van der Waals surface area (Å²) in [6, 6.07) is 5.70. The number of benzene rings is 1. The molecule has 84 valence electrons. The molecule has 0 fully saturated rings. The van der Waals surface area contributed by atoms with Crippen molar-refractivity contribution in [2.75, 3.05) is 13.1 Å². The van der Waals surface area contributed by atoms with E-state index in [0.717, 1.165) is 0 Å². The maximum Gasteiger partial charge on any atom is 0.243 e. The Bertz CT molecular complexity index is 424. The number of aromatic hydroxyl groups is 1. The van der Waals surface area contributed by atoms with Crippen molar-refractivity contribution in [2.24, 2.45) is 0 Å². The highest BCUT2D eigenvalue weighted by molar-refractivity contribution is 7.89. The number of hydrogen-bond acceptors (Lipinski definition) is 3. The van der Waals surface area contributed by atoms with Crippen LogP contribution in [0.5, 0.6) is 5.75 Å². The van der Waals surface area contributed by atoms with E-state index in [9.17, 15) is 13.5 Å². The van der Waals surface area contributed by atoms with Crippen LogP contribution >= 0.6 is 0 Å². The molecule has 1 aromatic rings. The molecule has 0 spiro atoms. The van der Waals surface area contributed by atoms with E-state index in [1.54, 1.807) is 13.8 Å². The summed E-state index contributed by atoms with van der Waals surface area (Å²) in [4.78, 5) is 0.131. The molecule has 0 aromatic heterocycles. The maximum atomic E-state index is 12.0. The molecular weight excluding hydrogens is 214 g/mol. The van der Waals surface area contributed by atoms with Crippen molar-refractivity contribution in [3.05, 3.63) is 24.3 Å². The fourth-order valence-electron chi connectivity index (χ4n) is 1.36. The summed E-state index contributed by atoms with van der Waals surface area (Å²) in [5.41, 5.74) is 0. The fourth-order valence-corrected chi connectivity index (χ4v) is 2.85. The molecule has 5 heteroatoms. The summed E-state index contributed by atoms with van der Waals surface area (Å²) in [6.45, 7) is 4.41. The lowest BCUT2D eigenvalue weighted by Gasteiger charge is -2.18. The molecule has 1 rings (SSSR count). The molecule has 0 amide bonds. The van der Waals surface area contributed by atoms with E-state index >= 15 is 0 Å². The van der Waals surface area contributed by atoms with Gasteiger partial charge in [-0.1, -0.05) is 19.9 Å². The van der Waals surface area contributed by atoms with E-state index in [0.29, 0.717) is 13.1 Å². The number of phenols is 1. The van der Waals surface area contributed by atoms with Gasteiger partial charge in [-0.25, -0.2) is 8.42 Å². The van der Waals surface area contributed by atoms with Gasteiger partial charge in [0.05, 0.1) is 4.90 Å². The average molecular weight is 229 g/mol. The summed E-state index contributed by atoms with van der Waals surface area (Å²) >= 11 is 0. The Morgan fingerprint density at radius 3 is 2.33 bits per heavy atom. The molecule has 15 heavy (non-hydrogen) atoms. The van der Waals surface area contributed by atoms with E-state index in [1.807, 2.05) is 0 Å². The SMILES string of the molecule is CCN(CC)S(=O)(=O)c1cccc(O)c1. The Labute approximate surface area is 90.2 Å². The van der Waals surface area contributed by atoms with Gasteiger partial charge in [0.2, 0.25) is 10.0 Å². The van der Waals surface area contributed by atoms with Gasteiger partial charge in [-0.2, -0.15) is 4.31 Å². The molecular formula is C10H15NO3S. The Hall–Kier alpha value is -1.07. The van der Waals surface area contributed by atoms with Gasteiger partial charge in [0.15, 0.2) is 0 Å². The molecule has 0 radical (unpaired) electrons. The highest BCUT2D eigenvalue weighted by Crippen LogP contribution is 2.19. The molecule has 1 aromatic carbocycles. The van der Waals surface area contributed by atoms with Crippen molar-refractivity contribution in [3.63, 3.8) is 0 Å².